The second-order valence-corrected chi connectivity index (χ2v) is 7.87. The van der Waals surface area contributed by atoms with Crippen LogP contribution < -0.4 is 5.32 Å². The summed E-state index contributed by atoms with van der Waals surface area (Å²) >= 11 is 0. The molecular formula is C21H28N2O3. The van der Waals surface area contributed by atoms with Crippen LogP contribution in [0, 0.1) is 5.92 Å². The van der Waals surface area contributed by atoms with Gasteiger partial charge in [0.2, 0.25) is 5.91 Å². The third-order valence-electron chi connectivity index (χ3n) is 5.34. The number of benzene rings is 1. The van der Waals surface area contributed by atoms with Crippen LogP contribution in [0.15, 0.2) is 24.3 Å². The zero-order valence-electron chi connectivity index (χ0n) is 15.7. The maximum Gasteiger partial charge on any atom is 0.262 e. The van der Waals surface area contributed by atoms with E-state index in [1.54, 1.807) is 24.3 Å². The van der Waals surface area contributed by atoms with E-state index < -0.39 is 6.04 Å². The van der Waals surface area contributed by atoms with Gasteiger partial charge >= 0.3 is 0 Å². The molecule has 0 spiro atoms. The number of fused-ring (bicyclic) bond motifs is 1. The molecule has 26 heavy (non-hydrogen) atoms. The van der Waals surface area contributed by atoms with E-state index in [2.05, 4.69) is 5.32 Å². The minimum Gasteiger partial charge on any atom is -0.352 e. The summed E-state index contributed by atoms with van der Waals surface area (Å²) in [7, 11) is 0. The van der Waals surface area contributed by atoms with Crippen LogP contribution in [0.4, 0.5) is 0 Å². The van der Waals surface area contributed by atoms with Gasteiger partial charge in [-0.15, -0.1) is 0 Å². The molecule has 0 radical (unpaired) electrons. The number of hydrogen-bond donors (Lipinski definition) is 1. The third-order valence-corrected chi connectivity index (χ3v) is 5.34. The van der Waals surface area contributed by atoms with Crippen molar-refractivity contribution in [3.05, 3.63) is 35.4 Å². The molecule has 0 aromatic heterocycles. The van der Waals surface area contributed by atoms with Gasteiger partial charge in [-0.3, -0.25) is 19.3 Å². The summed E-state index contributed by atoms with van der Waals surface area (Å²) in [4.78, 5) is 39.8. The van der Waals surface area contributed by atoms with Gasteiger partial charge in [0.25, 0.3) is 11.8 Å². The Hall–Kier alpha value is -2.17. The first-order chi connectivity index (χ1) is 12.5. The van der Waals surface area contributed by atoms with Gasteiger partial charge in [0.15, 0.2) is 0 Å². The number of nitrogens with one attached hydrogen (secondary N) is 1. The van der Waals surface area contributed by atoms with E-state index in [0.717, 1.165) is 25.7 Å². The van der Waals surface area contributed by atoms with Crippen molar-refractivity contribution < 1.29 is 14.4 Å². The zero-order valence-corrected chi connectivity index (χ0v) is 15.7. The predicted molar refractivity (Wildman–Crippen MR) is 99.8 cm³/mol. The number of carbonyl (C=O) groups excluding carboxylic acids is 3. The van der Waals surface area contributed by atoms with Gasteiger partial charge in [-0.1, -0.05) is 51.7 Å². The second-order valence-electron chi connectivity index (χ2n) is 7.87. The summed E-state index contributed by atoms with van der Waals surface area (Å²) in [6, 6.07) is 6.21. The minimum absolute atomic E-state index is 0.148. The first-order valence-electron chi connectivity index (χ1n) is 9.76. The van der Waals surface area contributed by atoms with Crippen molar-refractivity contribution in [2.45, 2.75) is 70.9 Å². The van der Waals surface area contributed by atoms with Crippen molar-refractivity contribution >= 4 is 17.7 Å². The van der Waals surface area contributed by atoms with E-state index in [1.165, 1.54) is 17.7 Å². The highest BCUT2D eigenvalue weighted by atomic mass is 16.2. The molecule has 3 amide bonds. The molecule has 1 aromatic carbocycles. The molecule has 1 aliphatic heterocycles. The first kappa shape index (κ1) is 18.6. The average Bonchev–Trinajstić information content (AvgIpc) is 2.79. The fourth-order valence-electron chi connectivity index (χ4n) is 3.99. The Balaban J connectivity index is 1.81. The molecule has 5 heteroatoms. The molecular weight excluding hydrogens is 328 g/mol. The largest absolute Gasteiger partial charge is 0.352 e. The van der Waals surface area contributed by atoms with E-state index >= 15 is 0 Å². The van der Waals surface area contributed by atoms with Crippen LogP contribution in [0.1, 0.15) is 79.5 Å². The van der Waals surface area contributed by atoms with Gasteiger partial charge in [-0.2, -0.15) is 0 Å². The topological polar surface area (TPSA) is 66.5 Å². The molecule has 0 saturated heterocycles. The summed E-state index contributed by atoms with van der Waals surface area (Å²) in [5.74, 6) is -0.705. The Morgan fingerprint density at radius 2 is 1.58 bits per heavy atom. The Kier molecular flexibility index (Phi) is 5.74. The minimum atomic E-state index is -0.745. The van der Waals surface area contributed by atoms with E-state index in [1.807, 2.05) is 13.8 Å². The fourth-order valence-corrected chi connectivity index (χ4v) is 3.99. The van der Waals surface area contributed by atoms with Crippen molar-refractivity contribution in [2.75, 3.05) is 0 Å². The van der Waals surface area contributed by atoms with Crippen LogP contribution in [0.3, 0.4) is 0 Å². The molecule has 1 heterocycles. The Bertz CT molecular complexity index is 655. The molecule has 3 rings (SSSR count). The van der Waals surface area contributed by atoms with Gasteiger partial charge in [-0.05, 0) is 37.3 Å². The maximum atomic E-state index is 13.0. The maximum absolute atomic E-state index is 13.0. The number of carbonyl (C=O) groups is 3. The van der Waals surface area contributed by atoms with Gasteiger partial charge in [0.1, 0.15) is 6.04 Å². The van der Waals surface area contributed by atoms with Gasteiger partial charge < -0.3 is 5.32 Å². The van der Waals surface area contributed by atoms with Crippen LogP contribution >= 0.6 is 0 Å². The Morgan fingerprint density at radius 3 is 2.08 bits per heavy atom. The smallest absolute Gasteiger partial charge is 0.262 e. The molecule has 1 atom stereocenters. The van der Waals surface area contributed by atoms with Crippen LogP contribution in [-0.4, -0.2) is 34.7 Å². The normalized spacial score (nSPS) is 19.4. The Labute approximate surface area is 155 Å². The fraction of sp³-hybridized carbons (Fsp3) is 0.571. The summed E-state index contributed by atoms with van der Waals surface area (Å²) in [6.45, 7) is 4.01. The molecule has 140 valence electrons. The average molecular weight is 356 g/mol. The number of rotatable bonds is 5. The third kappa shape index (κ3) is 3.81. The molecule has 1 N–H and O–H groups in total. The van der Waals surface area contributed by atoms with E-state index in [9.17, 15) is 14.4 Å². The molecule has 5 nitrogen and oxygen atoms in total. The second kappa shape index (κ2) is 8.02. The molecule has 1 fully saturated rings. The predicted octanol–water partition coefficient (Wildman–Crippen LogP) is 3.54. The van der Waals surface area contributed by atoms with Gasteiger partial charge in [-0.25, -0.2) is 0 Å². The van der Waals surface area contributed by atoms with Crippen LogP contribution in [0.5, 0.6) is 0 Å². The lowest BCUT2D eigenvalue weighted by Gasteiger charge is -2.28. The van der Waals surface area contributed by atoms with Crippen molar-refractivity contribution in [3.8, 4) is 0 Å². The van der Waals surface area contributed by atoms with Crippen molar-refractivity contribution in [2.24, 2.45) is 5.92 Å². The van der Waals surface area contributed by atoms with Gasteiger partial charge in [0, 0.05) is 6.04 Å². The number of imide groups is 1. The molecule has 1 aromatic rings. The summed E-state index contributed by atoms with van der Waals surface area (Å²) in [5, 5.41) is 3.12. The van der Waals surface area contributed by atoms with Crippen molar-refractivity contribution in [1.29, 1.82) is 0 Å². The van der Waals surface area contributed by atoms with E-state index in [-0.39, 0.29) is 29.7 Å². The Morgan fingerprint density at radius 1 is 1.04 bits per heavy atom. The highest BCUT2D eigenvalue weighted by molar-refractivity contribution is 6.22. The highest BCUT2D eigenvalue weighted by Gasteiger charge is 2.43. The summed E-state index contributed by atoms with van der Waals surface area (Å²) in [5.41, 5.74) is 0.794. The zero-order chi connectivity index (χ0) is 18.7. The van der Waals surface area contributed by atoms with Crippen LogP contribution in [-0.2, 0) is 4.79 Å². The lowest BCUT2D eigenvalue weighted by molar-refractivity contribution is -0.126. The molecule has 2 aliphatic rings. The van der Waals surface area contributed by atoms with Crippen molar-refractivity contribution in [3.63, 3.8) is 0 Å². The molecule has 1 unspecified atom stereocenters. The monoisotopic (exact) mass is 356 g/mol. The quantitative estimate of drug-likeness (QED) is 0.648. The van der Waals surface area contributed by atoms with Crippen LogP contribution in [0.25, 0.3) is 0 Å². The first-order valence-corrected chi connectivity index (χ1v) is 9.76. The molecule has 0 bridgehead atoms. The highest BCUT2D eigenvalue weighted by Crippen LogP contribution is 2.27. The van der Waals surface area contributed by atoms with E-state index in [4.69, 9.17) is 0 Å². The molecule has 1 saturated carbocycles. The van der Waals surface area contributed by atoms with E-state index in [0.29, 0.717) is 17.5 Å². The standard InChI is InChI=1S/C21H28N2O3/c1-14(2)13-18(19(24)22-15-9-5-3-4-6-10-15)23-20(25)16-11-7-8-12-17(16)21(23)26/h7-8,11-12,14-15,18H,3-6,9-10,13H2,1-2H3,(H,22,24). The number of hydrogen-bond acceptors (Lipinski definition) is 3. The summed E-state index contributed by atoms with van der Waals surface area (Å²) < 4.78 is 0. The number of nitrogens with zero attached hydrogens (tertiary/aromatic N) is 1. The molecule has 1 aliphatic carbocycles. The van der Waals surface area contributed by atoms with Crippen LogP contribution in [0.2, 0.25) is 0 Å². The summed E-state index contributed by atoms with van der Waals surface area (Å²) in [6.07, 6.45) is 7.08. The van der Waals surface area contributed by atoms with Crippen molar-refractivity contribution in [1.82, 2.24) is 10.2 Å². The lowest BCUT2D eigenvalue weighted by Crippen LogP contribution is -2.52. The SMILES string of the molecule is CC(C)CC(C(=O)NC1CCCCCC1)N1C(=O)c2ccccc2C1=O. The number of amides is 3. The van der Waals surface area contributed by atoms with Gasteiger partial charge in [0.05, 0.1) is 11.1 Å². The lowest BCUT2D eigenvalue weighted by atomic mass is 10.0.